The molecule has 1 aromatic rings. The van der Waals surface area contributed by atoms with Crippen LogP contribution in [0.5, 0.6) is 0 Å². The highest BCUT2D eigenvalue weighted by Crippen LogP contribution is 2.46. The molecule has 6 heteroatoms. The Labute approximate surface area is 185 Å². The minimum atomic E-state index is -0.353. The average molecular weight is 427 g/mol. The van der Waals surface area contributed by atoms with Crippen molar-refractivity contribution in [2.24, 2.45) is 5.92 Å². The van der Waals surface area contributed by atoms with E-state index in [1.54, 1.807) is 7.11 Å². The zero-order chi connectivity index (χ0) is 22.0. The molecule has 3 aliphatic rings. The molecule has 4 rings (SSSR count). The predicted octanol–water partition coefficient (Wildman–Crippen LogP) is 3.34. The van der Waals surface area contributed by atoms with Crippen molar-refractivity contribution in [2.45, 2.75) is 57.8 Å². The molecular formula is C25H34N2O4. The van der Waals surface area contributed by atoms with Gasteiger partial charge in [-0.25, -0.2) is 0 Å². The topological polar surface area (TPSA) is 59.1 Å². The van der Waals surface area contributed by atoms with Crippen LogP contribution in [0.25, 0.3) is 0 Å². The maximum atomic E-state index is 13.6. The molecule has 0 spiro atoms. The second kappa shape index (κ2) is 9.53. The summed E-state index contributed by atoms with van der Waals surface area (Å²) >= 11 is 0. The van der Waals surface area contributed by atoms with Crippen LogP contribution >= 0.6 is 0 Å². The Morgan fingerprint density at radius 2 is 1.87 bits per heavy atom. The van der Waals surface area contributed by atoms with Crippen molar-refractivity contribution in [1.29, 1.82) is 0 Å². The van der Waals surface area contributed by atoms with Gasteiger partial charge in [-0.2, -0.15) is 0 Å². The second-order valence-corrected chi connectivity index (χ2v) is 8.73. The summed E-state index contributed by atoms with van der Waals surface area (Å²) in [6, 6.07) is 9.55. The second-order valence-electron chi connectivity index (χ2n) is 8.73. The molecule has 0 N–H and O–H groups in total. The average Bonchev–Trinajstić information content (AvgIpc) is 3.09. The van der Waals surface area contributed by atoms with Gasteiger partial charge in [0.2, 0.25) is 0 Å². The van der Waals surface area contributed by atoms with E-state index in [-0.39, 0.29) is 41.6 Å². The largest absolute Gasteiger partial charge is 0.483 e. The van der Waals surface area contributed by atoms with E-state index in [1.165, 1.54) is 0 Å². The van der Waals surface area contributed by atoms with Crippen molar-refractivity contribution in [3.8, 4) is 0 Å². The summed E-state index contributed by atoms with van der Waals surface area (Å²) in [6.07, 6.45) is 2.95. The van der Waals surface area contributed by atoms with Crippen molar-refractivity contribution >= 4 is 11.7 Å². The number of benzene rings is 1. The smallest absolute Gasteiger partial charge is 0.290 e. The van der Waals surface area contributed by atoms with E-state index < -0.39 is 0 Å². The molecule has 2 aliphatic heterocycles. The van der Waals surface area contributed by atoms with Crippen LogP contribution in [-0.2, 0) is 19.1 Å². The van der Waals surface area contributed by atoms with Crippen LogP contribution in [0.15, 0.2) is 41.7 Å². The Balaban J connectivity index is 1.62. The third kappa shape index (κ3) is 4.15. The summed E-state index contributed by atoms with van der Waals surface area (Å²) in [5.74, 6) is 0.0449. The van der Waals surface area contributed by atoms with Crippen LogP contribution in [-0.4, -0.2) is 67.0 Å². The molecule has 1 aliphatic carbocycles. The van der Waals surface area contributed by atoms with Gasteiger partial charge in [-0.15, -0.1) is 0 Å². The Morgan fingerprint density at radius 3 is 2.55 bits per heavy atom. The lowest BCUT2D eigenvalue weighted by molar-refractivity contribution is -0.138. The summed E-state index contributed by atoms with van der Waals surface area (Å²) in [5, 5.41) is 0. The number of amides is 1. The van der Waals surface area contributed by atoms with Crippen LogP contribution in [0, 0.1) is 5.92 Å². The number of ether oxygens (including phenoxy) is 2. The summed E-state index contributed by atoms with van der Waals surface area (Å²) < 4.78 is 11.8. The standard InChI is InChI=1S/C25H34N2O4/c1-4-26(5-2)14-9-15-27-22(17-10-7-6-8-11-17)21-23(28)19-13-12-18(30-3)16-20(19)31-24(21)25(27)29/h6-8,10-11,18-20,22H,4-5,9,12-16H2,1-3H3. The Bertz CT molecular complexity index is 833. The number of ketones is 1. The number of Topliss-reactive ketones (excluding diaryl/α,β-unsaturated/α-hetero) is 1. The van der Waals surface area contributed by atoms with E-state index in [0.717, 1.165) is 44.5 Å². The number of rotatable bonds is 8. The molecule has 4 atom stereocenters. The highest BCUT2D eigenvalue weighted by molar-refractivity contribution is 6.11. The van der Waals surface area contributed by atoms with E-state index in [1.807, 2.05) is 35.2 Å². The maximum Gasteiger partial charge on any atom is 0.290 e. The maximum absolute atomic E-state index is 13.6. The van der Waals surface area contributed by atoms with Crippen LogP contribution in [0.1, 0.15) is 51.1 Å². The van der Waals surface area contributed by atoms with E-state index in [0.29, 0.717) is 18.5 Å². The molecule has 0 bridgehead atoms. The van der Waals surface area contributed by atoms with Crippen LogP contribution in [0.4, 0.5) is 0 Å². The monoisotopic (exact) mass is 426 g/mol. The van der Waals surface area contributed by atoms with Gasteiger partial charge in [-0.05, 0) is 44.5 Å². The normalized spacial score (nSPS) is 28.1. The predicted molar refractivity (Wildman–Crippen MR) is 118 cm³/mol. The number of fused-ring (bicyclic) bond motifs is 1. The zero-order valence-corrected chi connectivity index (χ0v) is 18.9. The SMILES string of the molecule is CCN(CC)CCCN1C(=O)C2=C(C(=O)C3CCC(OC)CC3O2)C1c1ccccc1. The van der Waals surface area contributed by atoms with Crippen LogP contribution in [0.2, 0.25) is 0 Å². The van der Waals surface area contributed by atoms with Crippen molar-refractivity contribution in [3.63, 3.8) is 0 Å². The van der Waals surface area contributed by atoms with Gasteiger partial charge in [-0.3, -0.25) is 9.59 Å². The molecule has 1 fully saturated rings. The first-order chi connectivity index (χ1) is 15.1. The van der Waals surface area contributed by atoms with Crippen LogP contribution in [0.3, 0.4) is 0 Å². The molecular weight excluding hydrogens is 392 g/mol. The number of carbonyl (C=O) groups excluding carboxylic acids is 2. The fourth-order valence-corrected chi connectivity index (χ4v) is 5.31. The van der Waals surface area contributed by atoms with Gasteiger partial charge in [0, 0.05) is 20.1 Å². The fraction of sp³-hybridized carbons (Fsp3) is 0.600. The van der Waals surface area contributed by atoms with Crippen molar-refractivity contribution in [2.75, 3.05) is 33.3 Å². The molecule has 168 valence electrons. The van der Waals surface area contributed by atoms with Gasteiger partial charge in [-0.1, -0.05) is 44.2 Å². The number of nitrogens with zero attached hydrogens (tertiary/aromatic N) is 2. The minimum absolute atomic E-state index is 0.0859. The molecule has 1 amide bonds. The number of carbonyl (C=O) groups is 2. The molecule has 0 radical (unpaired) electrons. The molecule has 1 aromatic carbocycles. The van der Waals surface area contributed by atoms with Crippen molar-refractivity contribution in [1.82, 2.24) is 9.80 Å². The molecule has 0 saturated heterocycles. The van der Waals surface area contributed by atoms with Gasteiger partial charge >= 0.3 is 0 Å². The molecule has 31 heavy (non-hydrogen) atoms. The van der Waals surface area contributed by atoms with Gasteiger partial charge in [0.15, 0.2) is 11.5 Å². The quantitative estimate of drug-likeness (QED) is 0.638. The molecule has 1 saturated carbocycles. The zero-order valence-electron chi connectivity index (χ0n) is 18.9. The van der Waals surface area contributed by atoms with Gasteiger partial charge in [0.05, 0.1) is 23.6 Å². The van der Waals surface area contributed by atoms with E-state index in [9.17, 15) is 9.59 Å². The first-order valence-corrected chi connectivity index (χ1v) is 11.6. The fourth-order valence-electron chi connectivity index (χ4n) is 5.31. The minimum Gasteiger partial charge on any atom is -0.483 e. The lowest BCUT2D eigenvalue weighted by atomic mass is 9.76. The first kappa shape index (κ1) is 22.0. The Morgan fingerprint density at radius 1 is 1.13 bits per heavy atom. The Kier molecular flexibility index (Phi) is 6.77. The van der Waals surface area contributed by atoms with E-state index in [2.05, 4.69) is 18.7 Å². The number of hydrogen-bond donors (Lipinski definition) is 0. The van der Waals surface area contributed by atoms with Gasteiger partial charge in [0.25, 0.3) is 5.91 Å². The summed E-state index contributed by atoms with van der Waals surface area (Å²) in [4.78, 5) is 31.3. The highest BCUT2D eigenvalue weighted by Gasteiger charge is 2.52. The molecule has 6 nitrogen and oxygen atoms in total. The summed E-state index contributed by atoms with van der Waals surface area (Å²) in [5.41, 5.74) is 1.54. The summed E-state index contributed by atoms with van der Waals surface area (Å²) in [7, 11) is 1.70. The summed E-state index contributed by atoms with van der Waals surface area (Å²) in [6.45, 7) is 7.82. The first-order valence-electron chi connectivity index (χ1n) is 11.6. The third-order valence-corrected chi connectivity index (χ3v) is 7.12. The number of methoxy groups -OCH3 is 1. The lowest BCUT2D eigenvalue weighted by Crippen LogP contribution is -2.43. The molecule has 4 unspecified atom stereocenters. The van der Waals surface area contributed by atoms with Crippen molar-refractivity contribution < 1.29 is 19.1 Å². The molecule has 2 heterocycles. The van der Waals surface area contributed by atoms with E-state index in [4.69, 9.17) is 9.47 Å². The number of hydrogen-bond acceptors (Lipinski definition) is 5. The molecule has 0 aromatic heterocycles. The van der Waals surface area contributed by atoms with Crippen LogP contribution < -0.4 is 0 Å². The van der Waals surface area contributed by atoms with Crippen molar-refractivity contribution in [3.05, 3.63) is 47.2 Å². The third-order valence-electron chi connectivity index (χ3n) is 7.12. The lowest BCUT2D eigenvalue weighted by Gasteiger charge is -2.38. The Hall–Kier alpha value is -2.18. The van der Waals surface area contributed by atoms with Gasteiger partial charge < -0.3 is 19.3 Å². The highest BCUT2D eigenvalue weighted by atomic mass is 16.5. The van der Waals surface area contributed by atoms with Gasteiger partial charge in [0.1, 0.15) is 6.10 Å². The van der Waals surface area contributed by atoms with E-state index >= 15 is 0 Å².